The molecule has 2 atom stereocenters. The number of amides is 1. The molecular weight excluding hydrogens is 407 g/mol. The van der Waals surface area contributed by atoms with Gasteiger partial charge in [0, 0.05) is 41.4 Å². The first-order chi connectivity index (χ1) is 14.8. The SMILES string of the molecule is CC(C)(C)OC(=O)N1C2CCC1CC(C(=O)c1cncc(B3OC(C)(C)C(C)(C)O3)c1)C2. The minimum absolute atomic E-state index is 0.0526. The van der Waals surface area contributed by atoms with E-state index in [0.717, 1.165) is 18.3 Å². The van der Waals surface area contributed by atoms with Gasteiger partial charge in [-0.25, -0.2) is 4.79 Å². The number of piperidine rings is 1. The molecule has 1 aromatic heterocycles. The fraction of sp³-hybridized carbons (Fsp3) is 0.708. The molecule has 3 aliphatic rings. The molecule has 3 aliphatic heterocycles. The number of hydrogen-bond acceptors (Lipinski definition) is 6. The smallest absolute Gasteiger partial charge is 0.444 e. The average Bonchev–Trinajstić information content (AvgIpc) is 3.07. The lowest BCUT2D eigenvalue weighted by atomic mass is 9.78. The summed E-state index contributed by atoms with van der Waals surface area (Å²) in [7, 11) is -0.551. The monoisotopic (exact) mass is 442 g/mol. The molecule has 0 N–H and O–H groups in total. The van der Waals surface area contributed by atoms with E-state index < -0.39 is 23.9 Å². The third-order valence-corrected chi connectivity index (χ3v) is 7.28. The van der Waals surface area contributed by atoms with Gasteiger partial charge in [0.25, 0.3) is 0 Å². The summed E-state index contributed by atoms with van der Waals surface area (Å²) < 4.78 is 17.9. The van der Waals surface area contributed by atoms with Crippen molar-refractivity contribution < 1.29 is 23.6 Å². The third kappa shape index (κ3) is 4.31. The topological polar surface area (TPSA) is 78.0 Å². The molecule has 0 spiro atoms. The van der Waals surface area contributed by atoms with Crippen molar-refractivity contribution in [2.45, 2.75) is 103 Å². The molecule has 2 unspecified atom stereocenters. The number of hydrogen-bond donors (Lipinski definition) is 0. The van der Waals surface area contributed by atoms with Crippen molar-refractivity contribution in [3.63, 3.8) is 0 Å². The molecule has 2 bridgehead atoms. The maximum Gasteiger partial charge on any atom is 0.496 e. The van der Waals surface area contributed by atoms with E-state index in [4.69, 9.17) is 14.0 Å². The largest absolute Gasteiger partial charge is 0.496 e. The lowest BCUT2D eigenvalue weighted by Gasteiger charge is -2.39. The quantitative estimate of drug-likeness (QED) is 0.524. The Labute approximate surface area is 191 Å². The van der Waals surface area contributed by atoms with Crippen LogP contribution in [-0.2, 0) is 14.0 Å². The molecule has 0 saturated carbocycles. The minimum Gasteiger partial charge on any atom is -0.444 e. The highest BCUT2D eigenvalue weighted by Crippen LogP contribution is 2.41. The third-order valence-electron chi connectivity index (χ3n) is 7.28. The highest BCUT2D eigenvalue weighted by Gasteiger charge is 2.52. The molecule has 32 heavy (non-hydrogen) atoms. The maximum atomic E-state index is 13.4. The van der Waals surface area contributed by atoms with E-state index in [1.54, 1.807) is 12.4 Å². The molecule has 0 radical (unpaired) electrons. The van der Waals surface area contributed by atoms with E-state index in [0.29, 0.717) is 18.4 Å². The first-order valence-electron chi connectivity index (χ1n) is 11.6. The van der Waals surface area contributed by atoms with Gasteiger partial charge in [0.05, 0.1) is 11.2 Å². The number of pyridine rings is 1. The van der Waals surface area contributed by atoms with Crippen LogP contribution in [0.2, 0.25) is 0 Å². The Morgan fingerprint density at radius 1 is 1.06 bits per heavy atom. The van der Waals surface area contributed by atoms with Crippen LogP contribution in [0, 0.1) is 5.92 Å². The Bertz CT molecular complexity index is 880. The molecule has 7 nitrogen and oxygen atoms in total. The van der Waals surface area contributed by atoms with Gasteiger partial charge in [-0.3, -0.25) is 9.78 Å². The fourth-order valence-electron chi connectivity index (χ4n) is 4.94. The standard InChI is InChI=1S/C24H35BN2O5/c1-22(2,3)30-21(29)27-18-8-9-19(27)12-15(11-18)20(28)16-10-17(14-26-13-16)25-31-23(4,5)24(6,7)32-25/h10,13-15,18-19H,8-9,11-12H2,1-7H3. The zero-order valence-electron chi connectivity index (χ0n) is 20.3. The molecule has 3 fully saturated rings. The molecule has 0 aliphatic carbocycles. The van der Waals surface area contributed by atoms with Crippen LogP contribution in [0.25, 0.3) is 0 Å². The van der Waals surface area contributed by atoms with Crippen LogP contribution in [-0.4, -0.2) is 57.8 Å². The van der Waals surface area contributed by atoms with Crippen molar-refractivity contribution >= 4 is 24.5 Å². The van der Waals surface area contributed by atoms with Gasteiger partial charge >= 0.3 is 13.2 Å². The van der Waals surface area contributed by atoms with E-state index >= 15 is 0 Å². The molecule has 1 amide bonds. The maximum absolute atomic E-state index is 13.4. The second-order valence-electron chi connectivity index (χ2n) is 11.4. The Morgan fingerprint density at radius 3 is 2.16 bits per heavy atom. The molecule has 174 valence electrons. The number of carbonyl (C=O) groups excluding carboxylic acids is 2. The van der Waals surface area contributed by atoms with Crippen molar-refractivity contribution in [2.75, 3.05) is 0 Å². The van der Waals surface area contributed by atoms with Crippen molar-refractivity contribution in [3.05, 3.63) is 24.0 Å². The lowest BCUT2D eigenvalue weighted by Crippen LogP contribution is -2.49. The molecule has 3 saturated heterocycles. The number of fused-ring (bicyclic) bond motifs is 2. The van der Waals surface area contributed by atoms with Gasteiger partial charge < -0.3 is 18.9 Å². The number of nitrogens with zero attached hydrogens (tertiary/aromatic N) is 2. The molecule has 1 aromatic rings. The normalized spacial score (nSPS) is 28.7. The highest BCUT2D eigenvalue weighted by atomic mass is 16.7. The van der Waals surface area contributed by atoms with Gasteiger partial charge in [0.1, 0.15) is 5.60 Å². The molecule has 8 heteroatoms. The van der Waals surface area contributed by atoms with Gasteiger partial charge in [-0.15, -0.1) is 0 Å². The molecular formula is C24H35BN2O5. The first-order valence-corrected chi connectivity index (χ1v) is 11.6. The summed E-state index contributed by atoms with van der Waals surface area (Å²) in [4.78, 5) is 32.3. The number of ether oxygens (including phenoxy) is 1. The Balaban J connectivity index is 1.47. The summed E-state index contributed by atoms with van der Waals surface area (Å²) >= 11 is 0. The van der Waals surface area contributed by atoms with Gasteiger partial charge in [-0.05, 0) is 80.2 Å². The van der Waals surface area contributed by atoms with Gasteiger partial charge in [-0.1, -0.05) is 0 Å². The van der Waals surface area contributed by atoms with Gasteiger partial charge in [0.15, 0.2) is 5.78 Å². The van der Waals surface area contributed by atoms with Gasteiger partial charge in [-0.2, -0.15) is 0 Å². The second kappa shape index (κ2) is 7.84. The summed E-state index contributed by atoms with van der Waals surface area (Å²) in [5.41, 5.74) is -0.101. The van der Waals surface area contributed by atoms with E-state index in [2.05, 4.69) is 4.98 Å². The predicted octanol–water partition coefficient (Wildman–Crippen LogP) is 3.74. The zero-order chi connectivity index (χ0) is 23.5. The van der Waals surface area contributed by atoms with Crippen LogP contribution in [0.5, 0.6) is 0 Å². The number of Topliss-reactive ketones (excluding diaryl/α,β-unsaturated/α-hetero) is 1. The number of aromatic nitrogens is 1. The van der Waals surface area contributed by atoms with Crippen molar-refractivity contribution in [1.29, 1.82) is 0 Å². The van der Waals surface area contributed by atoms with Crippen LogP contribution in [0.15, 0.2) is 18.5 Å². The van der Waals surface area contributed by atoms with Crippen LogP contribution in [0.4, 0.5) is 4.79 Å². The number of rotatable bonds is 3. The van der Waals surface area contributed by atoms with E-state index in [1.165, 1.54) is 0 Å². The Hall–Kier alpha value is -1.93. The summed E-state index contributed by atoms with van der Waals surface area (Å²) in [6.45, 7) is 13.6. The number of ketones is 1. The van der Waals surface area contributed by atoms with Gasteiger partial charge in [0.2, 0.25) is 0 Å². The highest BCUT2D eigenvalue weighted by molar-refractivity contribution is 6.62. The number of carbonyl (C=O) groups is 2. The summed E-state index contributed by atoms with van der Waals surface area (Å²) in [5.74, 6) is -0.0434. The Morgan fingerprint density at radius 2 is 1.62 bits per heavy atom. The van der Waals surface area contributed by atoms with E-state index in [-0.39, 0.29) is 29.9 Å². The van der Waals surface area contributed by atoms with Crippen LogP contribution < -0.4 is 5.46 Å². The zero-order valence-corrected chi connectivity index (χ0v) is 20.3. The molecule has 4 rings (SSSR count). The van der Waals surface area contributed by atoms with Crippen LogP contribution in [0.1, 0.15) is 84.5 Å². The van der Waals surface area contributed by atoms with Crippen molar-refractivity contribution in [1.82, 2.24) is 9.88 Å². The summed E-state index contributed by atoms with van der Waals surface area (Å²) in [6.07, 6.45) is 6.22. The lowest BCUT2D eigenvalue weighted by molar-refractivity contribution is 0.00253. The molecule has 4 heterocycles. The van der Waals surface area contributed by atoms with Crippen LogP contribution >= 0.6 is 0 Å². The first kappa shape index (κ1) is 23.2. The fourth-order valence-corrected chi connectivity index (χ4v) is 4.94. The Kier molecular flexibility index (Phi) is 5.69. The summed E-state index contributed by atoms with van der Waals surface area (Å²) in [5, 5.41) is 0. The predicted molar refractivity (Wildman–Crippen MR) is 122 cm³/mol. The van der Waals surface area contributed by atoms with Crippen LogP contribution in [0.3, 0.4) is 0 Å². The summed E-state index contributed by atoms with van der Waals surface area (Å²) in [6, 6.07) is 1.95. The molecule has 0 aromatic carbocycles. The van der Waals surface area contributed by atoms with Crippen molar-refractivity contribution in [3.8, 4) is 0 Å². The average molecular weight is 442 g/mol. The second-order valence-corrected chi connectivity index (χ2v) is 11.4. The minimum atomic E-state index is -0.551. The van der Waals surface area contributed by atoms with Crippen molar-refractivity contribution in [2.24, 2.45) is 5.92 Å². The van der Waals surface area contributed by atoms with E-state index in [9.17, 15) is 9.59 Å². The van der Waals surface area contributed by atoms with E-state index in [1.807, 2.05) is 59.4 Å².